The average Bonchev–Trinajstić information content (AvgIpc) is 3.23. The Bertz CT molecular complexity index is 900. The van der Waals surface area contributed by atoms with Crippen molar-refractivity contribution in [2.75, 3.05) is 0 Å². The highest BCUT2D eigenvalue weighted by Gasteiger charge is 2.42. The third-order valence-corrected chi connectivity index (χ3v) is 5.12. The van der Waals surface area contributed by atoms with E-state index in [0.29, 0.717) is 12.2 Å². The zero-order valence-electron chi connectivity index (χ0n) is 12.3. The number of hydrogen-bond donors (Lipinski definition) is 1. The Balaban J connectivity index is 1.65. The van der Waals surface area contributed by atoms with E-state index in [4.69, 9.17) is 0 Å². The van der Waals surface area contributed by atoms with Crippen LogP contribution in [0.1, 0.15) is 29.8 Å². The first-order valence-electron chi connectivity index (χ1n) is 7.76. The second-order valence-electron chi connectivity index (χ2n) is 6.22. The number of hydrogen-bond acceptors (Lipinski definition) is 3. The second kappa shape index (κ2) is 4.52. The van der Waals surface area contributed by atoms with Gasteiger partial charge in [0.15, 0.2) is 5.82 Å². The third kappa shape index (κ3) is 1.64. The molecule has 0 spiro atoms. The summed E-state index contributed by atoms with van der Waals surface area (Å²) < 4.78 is 17.7. The van der Waals surface area contributed by atoms with Crippen molar-refractivity contribution in [1.82, 2.24) is 19.3 Å². The molecule has 23 heavy (non-hydrogen) atoms. The highest BCUT2D eigenvalue weighted by atomic mass is 19.1. The molecule has 1 aromatic carbocycles. The summed E-state index contributed by atoms with van der Waals surface area (Å²) in [7, 11) is 0. The first-order chi connectivity index (χ1) is 11.3. The molecular weight excluding hydrogens is 295 g/mol. The van der Waals surface area contributed by atoms with Crippen LogP contribution < -0.4 is 0 Å². The smallest absolute Gasteiger partial charge is 0.166 e. The SMILES string of the molecule is O[C@@H]1c2c(F)cnn2CC[C@@H]1[C@@H]1c2ccccc2-c2cncn21. The molecule has 0 amide bonds. The molecule has 2 aromatic heterocycles. The topological polar surface area (TPSA) is 55.9 Å². The minimum atomic E-state index is -0.877. The number of nitrogens with zero attached hydrogens (tertiary/aromatic N) is 4. The first-order valence-corrected chi connectivity index (χ1v) is 7.76. The molecule has 5 nitrogen and oxygen atoms in total. The molecule has 3 atom stereocenters. The molecular formula is C17H15FN4O. The maximum atomic E-state index is 14.0. The fourth-order valence-corrected chi connectivity index (χ4v) is 4.12. The standard InChI is InChI=1S/C17H15FN4O/c18-13-7-20-22-6-5-12(17(23)16(13)22)15-11-4-2-1-3-10(11)14-8-19-9-21(14)15/h1-4,7-9,12,15,17,23H,5-6H2/t12-,15+,17+/m1/s1. The third-order valence-electron chi connectivity index (χ3n) is 5.12. The van der Waals surface area contributed by atoms with Crippen molar-refractivity contribution >= 4 is 0 Å². The molecule has 2 aliphatic heterocycles. The van der Waals surface area contributed by atoms with Gasteiger partial charge in [0.1, 0.15) is 11.8 Å². The Hall–Kier alpha value is -2.47. The minimum absolute atomic E-state index is 0.0262. The monoisotopic (exact) mass is 310 g/mol. The van der Waals surface area contributed by atoms with Gasteiger partial charge in [0.05, 0.1) is 30.5 Å². The molecule has 5 rings (SSSR count). The van der Waals surface area contributed by atoms with Gasteiger partial charge in [0.2, 0.25) is 0 Å². The number of imidazole rings is 1. The molecule has 0 aliphatic carbocycles. The van der Waals surface area contributed by atoms with Crippen LogP contribution in [0.3, 0.4) is 0 Å². The van der Waals surface area contributed by atoms with E-state index in [1.807, 2.05) is 18.3 Å². The molecule has 0 bridgehead atoms. The summed E-state index contributed by atoms with van der Waals surface area (Å²) in [4.78, 5) is 4.25. The van der Waals surface area contributed by atoms with Crippen LogP contribution in [-0.2, 0) is 6.54 Å². The number of rotatable bonds is 1. The van der Waals surface area contributed by atoms with Gasteiger partial charge in [0, 0.05) is 18.0 Å². The lowest BCUT2D eigenvalue weighted by Gasteiger charge is -2.34. The average molecular weight is 310 g/mol. The summed E-state index contributed by atoms with van der Waals surface area (Å²) in [6.45, 7) is 0.615. The number of aromatic nitrogens is 4. The van der Waals surface area contributed by atoms with Crippen LogP contribution in [0, 0.1) is 11.7 Å². The van der Waals surface area contributed by atoms with E-state index in [2.05, 4.69) is 26.8 Å². The Morgan fingerprint density at radius 3 is 3.00 bits per heavy atom. The van der Waals surface area contributed by atoms with Gasteiger partial charge in [-0.1, -0.05) is 24.3 Å². The molecule has 3 aromatic rings. The van der Waals surface area contributed by atoms with Gasteiger partial charge < -0.3 is 9.67 Å². The lowest BCUT2D eigenvalue weighted by molar-refractivity contribution is 0.0492. The first kappa shape index (κ1) is 13.0. The highest BCUT2D eigenvalue weighted by Crippen LogP contribution is 2.48. The quantitative estimate of drug-likeness (QED) is 0.751. The molecule has 6 heteroatoms. The maximum absolute atomic E-state index is 14.0. The van der Waals surface area contributed by atoms with Crippen LogP contribution in [-0.4, -0.2) is 24.4 Å². The van der Waals surface area contributed by atoms with Crippen molar-refractivity contribution in [3.63, 3.8) is 0 Å². The normalized spacial score (nSPS) is 25.0. The van der Waals surface area contributed by atoms with Gasteiger partial charge in [-0.05, 0) is 12.0 Å². The Morgan fingerprint density at radius 2 is 2.09 bits per heavy atom. The fourth-order valence-electron chi connectivity index (χ4n) is 4.12. The Kier molecular flexibility index (Phi) is 2.56. The minimum Gasteiger partial charge on any atom is -0.386 e. The summed E-state index contributed by atoms with van der Waals surface area (Å²) >= 11 is 0. The maximum Gasteiger partial charge on any atom is 0.166 e. The molecule has 2 aliphatic rings. The zero-order chi connectivity index (χ0) is 15.6. The van der Waals surface area contributed by atoms with E-state index < -0.39 is 11.9 Å². The summed E-state index contributed by atoms with van der Waals surface area (Å²) in [6.07, 6.45) is 4.70. The molecule has 1 N–H and O–H groups in total. The van der Waals surface area contributed by atoms with Gasteiger partial charge in [-0.3, -0.25) is 4.68 Å². The lowest BCUT2D eigenvalue weighted by atomic mass is 9.83. The molecule has 0 fully saturated rings. The second-order valence-corrected chi connectivity index (χ2v) is 6.22. The number of halogens is 1. The van der Waals surface area contributed by atoms with E-state index in [1.54, 1.807) is 11.0 Å². The van der Waals surface area contributed by atoms with Gasteiger partial charge in [-0.2, -0.15) is 5.10 Å². The summed E-state index contributed by atoms with van der Waals surface area (Å²) in [6, 6.07) is 8.14. The lowest BCUT2D eigenvalue weighted by Crippen LogP contribution is -2.31. The van der Waals surface area contributed by atoms with Crippen molar-refractivity contribution in [3.8, 4) is 11.3 Å². The summed E-state index contributed by atoms with van der Waals surface area (Å²) in [5, 5.41) is 14.8. The molecule has 0 saturated heterocycles. The zero-order valence-corrected chi connectivity index (χ0v) is 12.3. The van der Waals surface area contributed by atoms with Crippen LogP contribution in [0.2, 0.25) is 0 Å². The van der Waals surface area contributed by atoms with Crippen molar-refractivity contribution in [2.24, 2.45) is 5.92 Å². The van der Waals surface area contributed by atoms with E-state index in [-0.39, 0.29) is 12.0 Å². The van der Waals surface area contributed by atoms with E-state index in [9.17, 15) is 9.50 Å². The van der Waals surface area contributed by atoms with Crippen molar-refractivity contribution in [3.05, 3.63) is 60.1 Å². The van der Waals surface area contributed by atoms with Gasteiger partial charge in [-0.25, -0.2) is 9.37 Å². The Labute approximate surface area is 132 Å². The van der Waals surface area contributed by atoms with Crippen LogP contribution in [0.15, 0.2) is 43.0 Å². The van der Waals surface area contributed by atoms with Crippen LogP contribution in [0.4, 0.5) is 4.39 Å². The summed E-state index contributed by atoms with van der Waals surface area (Å²) in [5.41, 5.74) is 3.66. The largest absolute Gasteiger partial charge is 0.386 e. The van der Waals surface area contributed by atoms with E-state index in [1.165, 1.54) is 11.8 Å². The number of aryl methyl sites for hydroxylation is 1. The van der Waals surface area contributed by atoms with Crippen LogP contribution in [0.25, 0.3) is 11.3 Å². The van der Waals surface area contributed by atoms with E-state index >= 15 is 0 Å². The number of aliphatic hydroxyl groups excluding tert-OH is 1. The molecule has 0 radical (unpaired) electrons. The van der Waals surface area contributed by atoms with Crippen LogP contribution in [0.5, 0.6) is 0 Å². The van der Waals surface area contributed by atoms with Gasteiger partial charge in [0.25, 0.3) is 0 Å². The van der Waals surface area contributed by atoms with Gasteiger partial charge in [-0.15, -0.1) is 0 Å². The van der Waals surface area contributed by atoms with Gasteiger partial charge >= 0.3 is 0 Å². The van der Waals surface area contributed by atoms with Crippen molar-refractivity contribution in [2.45, 2.75) is 25.1 Å². The molecule has 0 unspecified atom stereocenters. The van der Waals surface area contributed by atoms with Crippen LogP contribution >= 0.6 is 0 Å². The predicted octanol–water partition coefficient (Wildman–Crippen LogP) is 2.54. The predicted molar refractivity (Wildman–Crippen MR) is 81.1 cm³/mol. The number of fused-ring (bicyclic) bond motifs is 4. The fraction of sp³-hybridized carbons (Fsp3) is 0.294. The molecule has 0 saturated carbocycles. The molecule has 116 valence electrons. The van der Waals surface area contributed by atoms with E-state index in [0.717, 1.165) is 17.7 Å². The number of aliphatic hydroxyl groups is 1. The summed E-state index contributed by atoms with van der Waals surface area (Å²) in [5.74, 6) is -0.537. The highest BCUT2D eigenvalue weighted by molar-refractivity contribution is 5.69. The Morgan fingerprint density at radius 1 is 1.22 bits per heavy atom. The van der Waals surface area contributed by atoms with Crippen molar-refractivity contribution in [1.29, 1.82) is 0 Å². The van der Waals surface area contributed by atoms with Crippen molar-refractivity contribution < 1.29 is 9.50 Å². The number of benzene rings is 1. The molecule has 4 heterocycles.